The number of nitrogens with two attached hydrogens (primary N) is 1. The molecule has 0 rings (SSSR count). The number of alkyl halides is 3. The number of hydrogen-bond donors (Lipinski definition) is 2. The summed E-state index contributed by atoms with van der Waals surface area (Å²) in [5.74, 6) is 0. The minimum absolute atomic E-state index is 0.0451. The van der Waals surface area contributed by atoms with Gasteiger partial charge in [-0.15, -0.1) is 0 Å². The molecule has 1 unspecified atom stereocenters. The maximum Gasteiger partial charge on any atom is 0.217 e. The van der Waals surface area contributed by atoms with Gasteiger partial charge in [-0.1, -0.05) is 34.8 Å². The maximum atomic E-state index is 8.67. The molecule has 0 aliphatic carbocycles. The van der Waals surface area contributed by atoms with Crippen LogP contribution in [0.3, 0.4) is 0 Å². The lowest BCUT2D eigenvalue weighted by Crippen LogP contribution is -2.32. The van der Waals surface area contributed by atoms with Gasteiger partial charge in [0.15, 0.2) is 0 Å². The molecule has 2 nitrogen and oxygen atoms in total. The molecule has 0 saturated carbocycles. The van der Waals surface area contributed by atoms with Crippen LogP contribution in [0.5, 0.6) is 0 Å². The van der Waals surface area contributed by atoms with Gasteiger partial charge < -0.3 is 10.8 Å². The predicted octanol–water partition coefficient (Wildman–Crippen LogP) is 0.676. The normalized spacial score (nSPS) is 16.1. The minimum Gasteiger partial charge on any atom is -0.387 e. The Morgan fingerprint density at radius 2 is 1.88 bits per heavy atom. The second-order valence-corrected chi connectivity index (χ2v) is 3.66. The molecule has 0 aliphatic rings. The number of aliphatic hydroxyl groups is 1. The van der Waals surface area contributed by atoms with Crippen molar-refractivity contribution in [3.05, 3.63) is 0 Å². The zero-order valence-corrected chi connectivity index (χ0v) is 6.21. The lowest BCUT2D eigenvalue weighted by molar-refractivity contribution is 0.187. The van der Waals surface area contributed by atoms with Gasteiger partial charge in [0.25, 0.3) is 0 Å². The van der Waals surface area contributed by atoms with Gasteiger partial charge in [0.1, 0.15) is 6.10 Å². The van der Waals surface area contributed by atoms with Crippen molar-refractivity contribution < 1.29 is 5.11 Å². The number of aliphatic hydroxyl groups excluding tert-OH is 1. The van der Waals surface area contributed by atoms with Gasteiger partial charge in [0.2, 0.25) is 3.79 Å². The first kappa shape index (κ1) is 8.79. The van der Waals surface area contributed by atoms with Crippen LogP contribution in [0.25, 0.3) is 0 Å². The third kappa shape index (κ3) is 2.95. The van der Waals surface area contributed by atoms with E-state index in [1.807, 2.05) is 0 Å². The molecule has 0 saturated heterocycles. The summed E-state index contributed by atoms with van der Waals surface area (Å²) in [5.41, 5.74) is 4.95. The standard InChI is InChI=1S/C3H6Cl3NO/c4-3(5,6)2(8)1-7/h2,8H,1,7H2. The van der Waals surface area contributed by atoms with Gasteiger partial charge in [0.05, 0.1) is 0 Å². The summed E-state index contributed by atoms with van der Waals surface area (Å²) in [4.78, 5) is 0. The zero-order valence-electron chi connectivity index (χ0n) is 3.94. The SMILES string of the molecule is NCC(O)C(Cl)(Cl)Cl. The Bertz CT molecular complexity index is 71.4. The summed E-state index contributed by atoms with van der Waals surface area (Å²) < 4.78 is -1.64. The second-order valence-electron chi connectivity index (χ2n) is 1.29. The summed E-state index contributed by atoms with van der Waals surface area (Å²) in [6.45, 7) is -0.0451. The molecule has 0 fully saturated rings. The Labute approximate surface area is 62.5 Å². The molecule has 5 heteroatoms. The summed E-state index contributed by atoms with van der Waals surface area (Å²) in [7, 11) is 0. The molecular formula is C3H6Cl3NO. The van der Waals surface area contributed by atoms with E-state index in [-0.39, 0.29) is 6.54 Å². The highest BCUT2D eigenvalue weighted by atomic mass is 35.6. The van der Waals surface area contributed by atoms with Crippen LogP contribution in [0.1, 0.15) is 0 Å². The van der Waals surface area contributed by atoms with E-state index >= 15 is 0 Å². The van der Waals surface area contributed by atoms with Crippen molar-refractivity contribution in [2.24, 2.45) is 5.73 Å². The van der Waals surface area contributed by atoms with Crippen molar-refractivity contribution in [1.29, 1.82) is 0 Å². The third-order valence-electron chi connectivity index (χ3n) is 0.601. The van der Waals surface area contributed by atoms with Crippen LogP contribution in [0.4, 0.5) is 0 Å². The Morgan fingerprint density at radius 3 is 1.88 bits per heavy atom. The lowest BCUT2D eigenvalue weighted by Gasteiger charge is -2.15. The number of hydrogen-bond acceptors (Lipinski definition) is 2. The van der Waals surface area contributed by atoms with E-state index < -0.39 is 9.90 Å². The van der Waals surface area contributed by atoms with Crippen molar-refractivity contribution in [2.75, 3.05) is 6.54 Å². The van der Waals surface area contributed by atoms with E-state index in [1.54, 1.807) is 0 Å². The number of rotatable bonds is 1. The molecule has 0 spiro atoms. The fourth-order valence-electron chi connectivity index (χ4n) is 0.134. The van der Waals surface area contributed by atoms with Crippen LogP contribution in [0, 0.1) is 0 Å². The van der Waals surface area contributed by atoms with Gasteiger partial charge in [-0.3, -0.25) is 0 Å². The van der Waals surface area contributed by atoms with Crippen molar-refractivity contribution >= 4 is 34.8 Å². The average Bonchev–Trinajstić information content (AvgIpc) is 1.62. The van der Waals surface area contributed by atoms with E-state index in [9.17, 15) is 0 Å². The molecule has 0 radical (unpaired) electrons. The van der Waals surface area contributed by atoms with Gasteiger partial charge >= 0.3 is 0 Å². The highest BCUT2D eigenvalue weighted by molar-refractivity contribution is 6.68. The molecule has 0 aromatic rings. The topological polar surface area (TPSA) is 46.2 Å². The first-order chi connectivity index (χ1) is 3.48. The Balaban J connectivity index is 3.62. The largest absolute Gasteiger partial charge is 0.387 e. The predicted molar refractivity (Wildman–Crippen MR) is 35.4 cm³/mol. The van der Waals surface area contributed by atoms with E-state index in [4.69, 9.17) is 45.6 Å². The molecule has 0 aromatic carbocycles. The van der Waals surface area contributed by atoms with Crippen LogP contribution < -0.4 is 5.73 Å². The fraction of sp³-hybridized carbons (Fsp3) is 1.00. The van der Waals surface area contributed by atoms with Crippen molar-refractivity contribution in [3.8, 4) is 0 Å². The van der Waals surface area contributed by atoms with Crippen LogP contribution in [-0.4, -0.2) is 21.5 Å². The first-order valence-electron chi connectivity index (χ1n) is 1.93. The molecule has 0 amide bonds. The molecule has 0 aliphatic heterocycles. The third-order valence-corrected chi connectivity index (χ3v) is 1.36. The van der Waals surface area contributed by atoms with Gasteiger partial charge in [-0.25, -0.2) is 0 Å². The van der Waals surface area contributed by atoms with Crippen molar-refractivity contribution in [1.82, 2.24) is 0 Å². The molecule has 3 N–H and O–H groups in total. The summed E-state index contributed by atoms with van der Waals surface area (Å²) in [5, 5.41) is 8.67. The van der Waals surface area contributed by atoms with Crippen LogP contribution in [-0.2, 0) is 0 Å². The van der Waals surface area contributed by atoms with Crippen LogP contribution >= 0.6 is 34.8 Å². The van der Waals surface area contributed by atoms with Gasteiger partial charge in [-0.05, 0) is 0 Å². The van der Waals surface area contributed by atoms with E-state index in [1.165, 1.54) is 0 Å². The van der Waals surface area contributed by atoms with Crippen molar-refractivity contribution in [2.45, 2.75) is 9.90 Å². The second kappa shape index (κ2) is 3.08. The molecule has 8 heavy (non-hydrogen) atoms. The summed E-state index contributed by atoms with van der Waals surface area (Å²) in [6.07, 6.45) is -1.08. The van der Waals surface area contributed by atoms with Crippen LogP contribution in [0.2, 0.25) is 0 Å². The first-order valence-corrected chi connectivity index (χ1v) is 3.06. The van der Waals surface area contributed by atoms with Crippen molar-refractivity contribution in [3.63, 3.8) is 0 Å². The quantitative estimate of drug-likeness (QED) is 0.580. The molecule has 0 heterocycles. The summed E-state index contributed by atoms with van der Waals surface area (Å²) in [6, 6.07) is 0. The molecule has 1 atom stereocenters. The Hall–Kier alpha value is 0.790. The average molecular weight is 178 g/mol. The van der Waals surface area contributed by atoms with Gasteiger partial charge in [-0.2, -0.15) is 0 Å². The highest BCUT2D eigenvalue weighted by Crippen LogP contribution is 2.29. The molecular weight excluding hydrogens is 172 g/mol. The highest BCUT2D eigenvalue weighted by Gasteiger charge is 2.28. The zero-order chi connectivity index (χ0) is 6.78. The van der Waals surface area contributed by atoms with Gasteiger partial charge in [0, 0.05) is 6.54 Å². The lowest BCUT2D eigenvalue weighted by atomic mass is 10.4. The molecule has 0 bridgehead atoms. The Kier molecular flexibility index (Phi) is 3.39. The van der Waals surface area contributed by atoms with E-state index in [0.717, 1.165) is 0 Å². The van der Waals surface area contributed by atoms with E-state index in [2.05, 4.69) is 0 Å². The monoisotopic (exact) mass is 177 g/mol. The maximum absolute atomic E-state index is 8.67. The Morgan fingerprint density at radius 1 is 1.50 bits per heavy atom. The smallest absolute Gasteiger partial charge is 0.217 e. The summed E-state index contributed by atoms with van der Waals surface area (Å²) >= 11 is 15.6. The van der Waals surface area contributed by atoms with Crippen LogP contribution in [0.15, 0.2) is 0 Å². The molecule has 0 aromatic heterocycles. The fourth-order valence-corrected chi connectivity index (χ4v) is 0.401. The number of halogens is 3. The minimum atomic E-state index is -1.64. The van der Waals surface area contributed by atoms with E-state index in [0.29, 0.717) is 0 Å². The molecule has 50 valence electrons.